The van der Waals surface area contributed by atoms with Crippen LogP contribution in [0.1, 0.15) is 20.7 Å². The Morgan fingerprint density at radius 3 is 2.15 bits per heavy atom. The predicted octanol–water partition coefficient (Wildman–Crippen LogP) is 2.47. The van der Waals surface area contributed by atoms with E-state index in [-0.39, 0.29) is 5.56 Å². The summed E-state index contributed by atoms with van der Waals surface area (Å²) in [7, 11) is 1.59. The molecular formula is C15H15NO4. The number of aromatic carboxylic acids is 1. The Morgan fingerprint density at radius 1 is 1.15 bits per heavy atom. The second kappa shape index (κ2) is 7.58. The maximum Gasteiger partial charge on any atom is 0.337 e. The highest BCUT2D eigenvalue weighted by molar-refractivity contribution is 5.93. The number of aldehydes is 1. The van der Waals surface area contributed by atoms with Crippen LogP contribution in [0.15, 0.2) is 48.5 Å². The molecule has 0 aliphatic heterocycles. The highest BCUT2D eigenvalue weighted by Crippen LogP contribution is 2.09. The van der Waals surface area contributed by atoms with Gasteiger partial charge in [-0.1, -0.05) is 12.1 Å². The predicted molar refractivity (Wildman–Crippen MR) is 76.2 cm³/mol. The van der Waals surface area contributed by atoms with Gasteiger partial charge in [0, 0.05) is 11.3 Å². The van der Waals surface area contributed by atoms with E-state index in [1.54, 1.807) is 49.6 Å². The van der Waals surface area contributed by atoms with Gasteiger partial charge in [0.1, 0.15) is 12.0 Å². The van der Waals surface area contributed by atoms with Crippen molar-refractivity contribution in [2.45, 2.75) is 0 Å². The van der Waals surface area contributed by atoms with Crippen LogP contribution < -0.4 is 10.5 Å². The Labute approximate surface area is 116 Å². The summed E-state index contributed by atoms with van der Waals surface area (Å²) in [5, 5.41) is 8.49. The molecule has 0 aromatic heterocycles. The average molecular weight is 273 g/mol. The number of carbonyl (C=O) groups is 2. The number of nitrogen functional groups attached to an aromatic ring is 1. The maximum atomic E-state index is 10.3. The number of methoxy groups -OCH3 is 1. The minimum absolute atomic E-state index is 0.155. The Bertz CT molecular complexity index is 579. The molecule has 3 N–H and O–H groups in total. The van der Waals surface area contributed by atoms with Crippen molar-refractivity contribution >= 4 is 17.9 Å². The highest BCUT2D eigenvalue weighted by Gasteiger charge is 2.03. The molecule has 5 nitrogen and oxygen atoms in total. The van der Waals surface area contributed by atoms with Gasteiger partial charge in [-0.3, -0.25) is 4.79 Å². The van der Waals surface area contributed by atoms with E-state index in [0.29, 0.717) is 11.3 Å². The zero-order chi connectivity index (χ0) is 15.0. The first-order chi connectivity index (χ1) is 9.58. The smallest absolute Gasteiger partial charge is 0.337 e. The summed E-state index contributed by atoms with van der Waals surface area (Å²) in [6.07, 6.45) is 0.805. The number of anilines is 1. The SMILES string of the molecule is COc1ccc(C=O)cc1.Nc1ccccc1C(=O)O. The summed E-state index contributed by atoms with van der Waals surface area (Å²) >= 11 is 0. The molecule has 0 aliphatic rings. The molecular weight excluding hydrogens is 258 g/mol. The Balaban J connectivity index is 0.000000200. The first-order valence-corrected chi connectivity index (χ1v) is 5.75. The summed E-state index contributed by atoms with van der Waals surface area (Å²) in [6.45, 7) is 0. The van der Waals surface area contributed by atoms with Crippen molar-refractivity contribution in [3.8, 4) is 5.75 Å². The van der Waals surface area contributed by atoms with Gasteiger partial charge in [-0.15, -0.1) is 0 Å². The number of para-hydroxylation sites is 1. The number of benzene rings is 2. The summed E-state index contributed by atoms with van der Waals surface area (Å²) in [4.78, 5) is 20.5. The van der Waals surface area contributed by atoms with Gasteiger partial charge < -0.3 is 15.6 Å². The molecule has 0 atom stereocenters. The zero-order valence-electron chi connectivity index (χ0n) is 10.9. The third-order valence-corrected chi connectivity index (χ3v) is 2.44. The number of rotatable bonds is 3. The van der Waals surface area contributed by atoms with Crippen LogP contribution in [0.4, 0.5) is 5.69 Å². The lowest BCUT2D eigenvalue weighted by atomic mass is 10.2. The fourth-order valence-electron chi connectivity index (χ4n) is 1.37. The zero-order valence-corrected chi connectivity index (χ0v) is 10.9. The molecule has 2 aromatic carbocycles. The number of carboxylic acids is 1. The van der Waals surface area contributed by atoms with Crippen LogP contribution in [-0.4, -0.2) is 24.5 Å². The van der Waals surface area contributed by atoms with Crippen LogP contribution in [-0.2, 0) is 0 Å². The van der Waals surface area contributed by atoms with E-state index in [1.165, 1.54) is 6.07 Å². The summed E-state index contributed by atoms with van der Waals surface area (Å²) in [6, 6.07) is 13.3. The van der Waals surface area contributed by atoms with Crippen LogP contribution in [0.5, 0.6) is 5.75 Å². The van der Waals surface area contributed by atoms with Crippen molar-refractivity contribution in [3.05, 3.63) is 59.7 Å². The van der Waals surface area contributed by atoms with Crippen LogP contribution in [0, 0.1) is 0 Å². The maximum absolute atomic E-state index is 10.3. The van der Waals surface area contributed by atoms with Crippen molar-refractivity contribution in [2.24, 2.45) is 0 Å². The fourth-order valence-corrected chi connectivity index (χ4v) is 1.37. The minimum atomic E-state index is -0.988. The second-order valence-corrected chi connectivity index (χ2v) is 3.78. The summed E-state index contributed by atoms with van der Waals surface area (Å²) in [5.41, 5.74) is 6.46. The number of ether oxygens (including phenoxy) is 1. The van der Waals surface area contributed by atoms with Gasteiger partial charge in [0.15, 0.2) is 0 Å². The second-order valence-electron chi connectivity index (χ2n) is 3.78. The molecule has 104 valence electrons. The third kappa shape index (κ3) is 4.45. The monoisotopic (exact) mass is 273 g/mol. The van der Waals surface area contributed by atoms with Gasteiger partial charge in [0.05, 0.1) is 12.7 Å². The molecule has 0 heterocycles. The molecule has 2 rings (SSSR count). The van der Waals surface area contributed by atoms with Crippen molar-refractivity contribution in [2.75, 3.05) is 12.8 Å². The van der Waals surface area contributed by atoms with E-state index >= 15 is 0 Å². The normalized spacial score (nSPS) is 9.05. The number of hydrogen-bond acceptors (Lipinski definition) is 4. The van der Waals surface area contributed by atoms with Gasteiger partial charge >= 0.3 is 5.97 Å². The van der Waals surface area contributed by atoms with Gasteiger partial charge in [-0.25, -0.2) is 4.79 Å². The molecule has 0 unspecified atom stereocenters. The minimum Gasteiger partial charge on any atom is -0.497 e. The summed E-state index contributed by atoms with van der Waals surface area (Å²) in [5.74, 6) is -0.219. The lowest BCUT2D eigenvalue weighted by molar-refractivity contribution is 0.0698. The molecule has 2 aromatic rings. The molecule has 0 saturated carbocycles. The van der Waals surface area contributed by atoms with E-state index in [9.17, 15) is 9.59 Å². The van der Waals surface area contributed by atoms with Gasteiger partial charge in [0.2, 0.25) is 0 Å². The Morgan fingerprint density at radius 2 is 1.75 bits per heavy atom. The lowest BCUT2D eigenvalue weighted by Crippen LogP contribution is -2.00. The molecule has 0 bridgehead atoms. The van der Waals surface area contributed by atoms with Gasteiger partial charge in [-0.2, -0.15) is 0 Å². The van der Waals surface area contributed by atoms with Crippen molar-refractivity contribution in [1.29, 1.82) is 0 Å². The van der Waals surface area contributed by atoms with E-state index in [2.05, 4.69) is 0 Å². The Kier molecular flexibility index (Phi) is 5.77. The van der Waals surface area contributed by atoms with E-state index in [0.717, 1.165) is 12.0 Å². The summed E-state index contributed by atoms with van der Waals surface area (Å²) < 4.78 is 4.90. The average Bonchev–Trinajstić information content (AvgIpc) is 2.48. The first kappa shape index (κ1) is 15.2. The molecule has 0 saturated heterocycles. The molecule has 0 amide bonds. The molecule has 0 aliphatic carbocycles. The topological polar surface area (TPSA) is 89.6 Å². The van der Waals surface area contributed by atoms with Crippen molar-refractivity contribution < 1.29 is 19.4 Å². The third-order valence-electron chi connectivity index (χ3n) is 2.44. The molecule has 0 radical (unpaired) electrons. The number of carbonyl (C=O) groups excluding carboxylic acids is 1. The molecule has 5 heteroatoms. The van der Waals surface area contributed by atoms with Gasteiger partial charge in [-0.05, 0) is 36.4 Å². The quantitative estimate of drug-likeness (QED) is 0.662. The van der Waals surface area contributed by atoms with Crippen LogP contribution >= 0.6 is 0 Å². The largest absolute Gasteiger partial charge is 0.497 e. The van der Waals surface area contributed by atoms with E-state index in [4.69, 9.17) is 15.6 Å². The number of carboxylic acid groups (broad SMARTS) is 1. The van der Waals surface area contributed by atoms with Crippen molar-refractivity contribution in [1.82, 2.24) is 0 Å². The van der Waals surface area contributed by atoms with E-state index in [1.807, 2.05) is 0 Å². The van der Waals surface area contributed by atoms with E-state index < -0.39 is 5.97 Å². The lowest BCUT2D eigenvalue weighted by Gasteiger charge is -1.96. The van der Waals surface area contributed by atoms with Gasteiger partial charge in [0.25, 0.3) is 0 Å². The first-order valence-electron chi connectivity index (χ1n) is 5.75. The standard InChI is InChI=1S/C8H8O2.C7H7NO2/c1-10-8-4-2-7(6-9)3-5-8;8-6-4-2-1-3-5(6)7(9)10/h2-6H,1H3;1-4H,8H2,(H,9,10). The molecule has 0 fully saturated rings. The number of nitrogens with two attached hydrogens (primary N) is 1. The molecule has 0 spiro atoms. The molecule has 20 heavy (non-hydrogen) atoms. The Hall–Kier alpha value is -2.82. The van der Waals surface area contributed by atoms with Crippen LogP contribution in [0.25, 0.3) is 0 Å². The highest BCUT2D eigenvalue weighted by atomic mass is 16.5. The van der Waals surface area contributed by atoms with Crippen LogP contribution in [0.3, 0.4) is 0 Å². The fraction of sp³-hybridized carbons (Fsp3) is 0.0667. The number of hydrogen-bond donors (Lipinski definition) is 2. The van der Waals surface area contributed by atoms with Crippen LogP contribution in [0.2, 0.25) is 0 Å². The van der Waals surface area contributed by atoms with Crippen molar-refractivity contribution in [3.63, 3.8) is 0 Å².